The van der Waals surface area contributed by atoms with Gasteiger partial charge in [-0.3, -0.25) is 9.59 Å². The predicted molar refractivity (Wildman–Crippen MR) is 102 cm³/mol. The first-order valence-corrected chi connectivity index (χ1v) is 9.52. The van der Waals surface area contributed by atoms with Gasteiger partial charge in [0.25, 0.3) is 11.8 Å². The molecule has 0 bridgehead atoms. The van der Waals surface area contributed by atoms with Gasteiger partial charge in [-0.2, -0.15) is 0 Å². The van der Waals surface area contributed by atoms with Crippen LogP contribution in [0.4, 0.5) is 5.00 Å². The molecule has 0 fully saturated rings. The molecule has 0 saturated heterocycles. The Labute approximate surface area is 164 Å². The molecule has 7 nitrogen and oxygen atoms in total. The van der Waals surface area contributed by atoms with Crippen molar-refractivity contribution in [3.8, 4) is 0 Å². The molecule has 2 amide bonds. The van der Waals surface area contributed by atoms with Crippen molar-refractivity contribution in [2.45, 2.75) is 33.1 Å². The Morgan fingerprint density at radius 3 is 2.70 bits per heavy atom. The molecule has 0 radical (unpaired) electrons. The van der Waals surface area contributed by atoms with E-state index in [4.69, 9.17) is 22.1 Å². The van der Waals surface area contributed by atoms with E-state index < -0.39 is 24.4 Å². The Morgan fingerprint density at radius 2 is 2.04 bits per heavy atom. The summed E-state index contributed by atoms with van der Waals surface area (Å²) in [6.45, 7) is 2.96. The van der Waals surface area contributed by atoms with Crippen molar-refractivity contribution in [1.82, 2.24) is 4.98 Å². The quantitative estimate of drug-likeness (QED) is 0.584. The Bertz CT molecular complexity index is 931. The van der Waals surface area contributed by atoms with Crippen LogP contribution in [0.15, 0.2) is 6.07 Å². The highest BCUT2D eigenvalue weighted by Gasteiger charge is 2.26. The minimum absolute atomic E-state index is 0.0311. The fraction of sp³-hybridized carbons (Fsp3) is 0.333. The Hall–Kier alpha value is -2.45. The molecule has 3 rings (SSSR count). The minimum Gasteiger partial charge on any atom is -0.452 e. The van der Waals surface area contributed by atoms with Crippen molar-refractivity contribution < 1.29 is 19.1 Å². The summed E-state index contributed by atoms with van der Waals surface area (Å²) < 4.78 is 5.05. The van der Waals surface area contributed by atoms with Gasteiger partial charge in [-0.1, -0.05) is 11.6 Å². The van der Waals surface area contributed by atoms with Crippen LogP contribution in [0.5, 0.6) is 0 Å². The fourth-order valence-electron chi connectivity index (χ4n) is 3.16. The van der Waals surface area contributed by atoms with Gasteiger partial charge >= 0.3 is 5.97 Å². The third kappa shape index (κ3) is 3.96. The number of primary amides is 1. The highest BCUT2D eigenvalue weighted by molar-refractivity contribution is 7.17. The smallest absolute Gasteiger partial charge is 0.342 e. The van der Waals surface area contributed by atoms with Crippen LogP contribution in [0.1, 0.15) is 48.8 Å². The van der Waals surface area contributed by atoms with Gasteiger partial charge < -0.3 is 15.8 Å². The Morgan fingerprint density at radius 1 is 1.30 bits per heavy atom. The second-order valence-corrected chi connectivity index (χ2v) is 7.76. The topological polar surface area (TPSA) is 111 Å². The van der Waals surface area contributed by atoms with Gasteiger partial charge in [-0.15, -0.1) is 11.3 Å². The number of esters is 1. The number of hydrogen-bond acceptors (Lipinski definition) is 6. The first kappa shape index (κ1) is 19.3. The lowest BCUT2D eigenvalue weighted by Gasteiger charge is -2.10. The second-order valence-electron chi connectivity index (χ2n) is 6.30. The number of anilines is 1. The lowest BCUT2D eigenvalue weighted by molar-refractivity contribution is -0.119. The number of nitrogens with two attached hydrogens (primary N) is 1. The number of hydrogen-bond donors (Lipinski definition) is 2. The number of ether oxygens (including phenoxy) is 1. The molecule has 2 heterocycles. The zero-order valence-corrected chi connectivity index (χ0v) is 16.4. The number of amides is 2. The molecule has 1 aliphatic carbocycles. The van der Waals surface area contributed by atoms with E-state index >= 15 is 0 Å². The van der Waals surface area contributed by atoms with E-state index in [1.165, 1.54) is 11.3 Å². The van der Waals surface area contributed by atoms with Crippen LogP contribution < -0.4 is 11.1 Å². The van der Waals surface area contributed by atoms with Crippen LogP contribution in [0.2, 0.25) is 5.15 Å². The van der Waals surface area contributed by atoms with Crippen LogP contribution >= 0.6 is 22.9 Å². The summed E-state index contributed by atoms with van der Waals surface area (Å²) in [5, 5.41) is 3.05. The number of aromatic nitrogens is 1. The molecule has 0 atom stereocenters. The number of fused-ring (bicyclic) bond motifs is 1. The van der Waals surface area contributed by atoms with Gasteiger partial charge in [0.1, 0.15) is 10.2 Å². The van der Waals surface area contributed by atoms with Crippen LogP contribution in [0.3, 0.4) is 0 Å². The molecule has 0 aromatic carbocycles. The number of pyridine rings is 1. The average molecular weight is 408 g/mol. The number of thiophene rings is 1. The van der Waals surface area contributed by atoms with Crippen molar-refractivity contribution in [2.75, 3.05) is 11.9 Å². The monoisotopic (exact) mass is 407 g/mol. The molecule has 0 spiro atoms. The maximum Gasteiger partial charge on any atom is 0.342 e. The van der Waals surface area contributed by atoms with Crippen LogP contribution in [-0.4, -0.2) is 29.4 Å². The lowest BCUT2D eigenvalue weighted by atomic mass is 10.1. The summed E-state index contributed by atoms with van der Waals surface area (Å²) in [6, 6.07) is 1.70. The predicted octanol–water partition coefficient (Wildman–Crippen LogP) is 2.80. The normalized spacial score (nSPS) is 12.6. The number of halogens is 1. The van der Waals surface area contributed by atoms with Crippen LogP contribution in [0.25, 0.3) is 0 Å². The molecular weight excluding hydrogens is 390 g/mol. The summed E-state index contributed by atoms with van der Waals surface area (Å²) in [4.78, 5) is 41.3. The molecule has 0 aliphatic heterocycles. The number of nitrogens with zero attached hydrogens (tertiary/aromatic N) is 1. The SMILES string of the molecule is Cc1cc(C)c(C(=O)OCC(=O)Nc2sc3c(c2C(N)=O)CCC3)c(Cl)n1. The molecule has 0 saturated carbocycles. The second kappa shape index (κ2) is 7.66. The molecule has 2 aromatic heterocycles. The third-order valence-corrected chi connectivity index (χ3v) is 5.74. The third-order valence-electron chi connectivity index (χ3n) is 4.26. The van der Waals surface area contributed by atoms with E-state index in [2.05, 4.69) is 10.3 Å². The molecule has 27 heavy (non-hydrogen) atoms. The van der Waals surface area contributed by atoms with Crippen molar-refractivity contribution in [1.29, 1.82) is 0 Å². The number of nitrogens with one attached hydrogen (secondary N) is 1. The van der Waals surface area contributed by atoms with E-state index in [1.54, 1.807) is 19.9 Å². The summed E-state index contributed by atoms with van der Waals surface area (Å²) >= 11 is 7.35. The number of rotatable bonds is 5. The van der Waals surface area contributed by atoms with Gasteiger partial charge in [-0.05, 0) is 50.3 Å². The maximum absolute atomic E-state index is 12.2. The van der Waals surface area contributed by atoms with Gasteiger partial charge in [0.15, 0.2) is 6.61 Å². The molecule has 2 aromatic rings. The van der Waals surface area contributed by atoms with E-state index in [0.717, 1.165) is 29.7 Å². The van der Waals surface area contributed by atoms with Gasteiger partial charge in [-0.25, -0.2) is 9.78 Å². The van der Waals surface area contributed by atoms with Crippen molar-refractivity contribution in [3.63, 3.8) is 0 Å². The molecule has 0 unspecified atom stereocenters. The van der Waals surface area contributed by atoms with Crippen molar-refractivity contribution >= 4 is 45.7 Å². The Balaban J connectivity index is 1.68. The molecule has 1 aliphatic rings. The van der Waals surface area contributed by atoms with Crippen LogP contribution in [0, 0.1) is 13.8 Å². The van der Waals surface area contributed by atoms with Crippen molar-refractivity contribution in [3.05, 3.63) is 44.0 Å². The zero-order valence-electron chi connectivity index (χ0n) is 14.8. The summed E-state index contributed by atoms with van der Waals surface area (Å²) in [5.41, 5.74) is 8.15. The standard InChI is InChI=1S/C18H18ClN3O4S/c1-8-6-9(2)21-15(19)13(8)18(25)26-7-12(23)22-17-14(16(20)24)10-4-3-5-11(10)27-17/h6H,3-5,7H2,1-2H3,(H2,20,24)(H,22,23). The molecule has 3 N–H and O–H groups in total. The summed E-state index contributed by atoms with van der Waals surface area (Å²) in [6.07, 6.45) is 2.61. The fourth-order valence-corrected chi connectivity index (χ4v) is 4.83. The van der Waals surface area contributed by atoms with E-state index in [0.29, 0.717) is 21.8 Å². The van der Waals surface area contributed by atoms with E-state index in [-0.39, 0.29) is 10.7 Å². The van der Waals surface area contributed by atoms with E-state index in [9.17, 15) is 14.4 Å². The first-order chi connectivity index (χ1) is 12.8. The Kier molecular flexibility index (Phi) is 5.48. The maximum atomic E-state index is 12.2. The average Bonchev–Trinajstić information content (AvgIpc) is 3.11. The molecular formula is C18H18ClN3O4S. The number of aryl methyl sites for hydroxylation is 3. The summed E-state index contributed by atoms with van der Waals surface area (Å²) in [7, 11) is 0. The largest absolute Gasteiger partial charge is 0.452 e. The highest BCUT2D eigenvalue weighted by Crippen LogP contribution is 2.38. The van der Waals surface area contributed by atoms with Gasteiger partial charge in [0.05, 0.1) is 11.1 Å². The van der Waals surface area contributed by atoms with E-state index in [1.807, 2.05) is 0 Å². The zero-order chi connectivity index (χ0) is 19.7. The van der Waals surface area contributed by atoms with Crippen LogP contribution in [-0.2, 0) is 22.4 Å². The number of carbonyl (C=O) groups excluding carboxylic acids is 3. The molecule has 9 heteroatoms. The van der Waals surface area contributed by atoms with Crippen molar-refractivity contribution in [2.24, 2.45) is 5.73 Å². The minimum atomic E-state index is -0.732. The summed E-state index contributed by atoms with van der Waals surface area (Å²) in [5.74, 6) is -1.86. The highest BCUT2D eigenvalue weighted by atomic mass is 35.5. The van der Waals surface area contributed by atoms with Gasteiger partial charge in [0, 0.05) is 10.6 Å². The lowest BCUT2D eigenvalue weighted by Crippen LogP contribution is -2.23. The van der Waals surface area contributed by atoms with Gasteiger partial charge in [0.2, 0.25) is 0 Å². The first-order valence-electron chi connectivity index (χ1n) is 8.33. The molecule has 142 valence electrons. The number of carbonyl (C=O) groups is 3.